The minimum absolute atomic E-state index is 0.514. The summed E-state index contributed by atoms with van der Waals surface area (Å²) in [6.07, 6.45) is 8.87. The van der Waals surface area contributed by atoms with Crippen molar-refractivity contribution in [2.75, 3.05) is 13.6 Å². The van der Waals surface area contributed by atoms with Crippen molar-refractivity contribution >= 4 is 5.96 Å². The third-order valence-corrected chi connectivity index (χ3v) is 3.35. The Hall–Kier alpha value is -1.77. The van der Waals surface area contributed by atoms with Crippen LogP contribution >= 0.6 is 0 Å². The fraction of sp³-hybridized carbons (Fsp3) is 0.438. The molecule has 2 N–H and O–H groups in total. The number of hydrogen-bond donors (Lipinski definition) is 2. The van der Waals surface area contributed by atoms with E-state index in [1.165, 1.54) is 5.56 Å². The van der Waals surface area contributed by atoms with Gasteiger partial charge in [-0.05, 0) is 31.2 Å². The Balaban J connectivity index is 1.63. The molecule has 1 aliphatic rings. The molecule has 0 radical (unpaired) electrons. The molecule has 1 aromatic carbocycles. The zero-order valence-corrected chi connectivity index (χ0v) is 11.6. The summed E-state index contributed by atoms with van der Waals surface area (Å²) < 4.78 is 0. The average Bonchev–Trinajstić information content (AvgIpc) is 2.96. The Kier molecular flexibility index (Phi) is 5.48. The maximum absolute atomic E-state index is 4.26. The molecule has 1 aromatic rings. The van der Waals surface area contributed by atoms with E-state index in [2.05, 4.69) is 58.1 Å². The van der Waals surface area contributed by atoms with Crippen LogP contribution in [-0.2, 0) is 6.42 Å². The van der Waals surface area contributed by atoms with Gasteiger partial charge in [-0.1, -0.05) is 42.5 Å². The van der Waals surface area contributed by atoms with E-state index in [0.717, 1.165) is 38.2 Å². The summed E-state index contributed by atoms with van der Waals surface area (Å²) in [7, 11) is 1.83. The van der Waals surface area contributed by atoms with Gasteiger partial charge in [0.15, 0.2) is 5.96 Å². The smallest absolute Gasteiger partial charge is 0.191 e. The third kappa shape index (κ3) is 4.78. The molecule has 0 atom stereocenters. The van der Waals surface area contributed by atoms with E-state index in [4.69, 9.17) is 0 Å². The van der Waals surface area contributed by atoms with Crippen LogP contribution in [0.15, 0.2) is 47.5 Å². The van der Waals surface area contributed by atoms with Crippen molar-refractivity contribution in [2.45, 2.75) is 31.7 Å². The first kappa shape index (κ1) is 13.7. The highest BCUT2D eigenvalue weighted by Crippen LogP contribution is 2.08. The lowest BCUT2D eigenvalue weighted by Gasteiger charge is -2.16. The average molecular weight is 257 g/mol. The summed E-state index contributed by atoms with van der Waals surface area (Å²) in [6, 6.07) is 11.1. The maximum Gasteiger partial charge on any atom is 0.191 e. The molecule has 0 spiro atoms. The minimum atomic E-state index is 0.514. The van der Waals surface area contributed by atoms with Crippen LogP contribution in [0.4, 0.5) is 0 Å². The fourth-order valence-corrected chi connectivity index (χ4v) is 2.27. The van der Waals surface area contributed by atoms with E-state index in [1.54, 1.807) is 0 Å². The summed E-state index contributed by atoms with van der Waals surface area (Å²) in [5.74, 6) is 0.918. The standard InChI is InChI=1S/C16H23N3/c1-17-16(19-15-11-5-6-12-15)18-13-7-10-14-8-3-2-4-9-14/h2-6,8-9,15H,7,10-13H2,1H3,(H2,17,18,19). The Morgan fingerprint density at radius 3 is 2.63 bits per heavy atom. The molecule has 0 heterocycles. The summed E-state index contributed by atoms with van der Waals surface area (Å²) in [5.41, 5.74) is 1.40. The van der Waals surface area contributed by atoms with Gasteiger partial charge in [-0.15, -0.1) is 0 Å². The highest BCUT2D eigenvalue weighted by Gasteiger charge is 2.10. The van der Waals surface area contributed by atoms with Crippen LogP contribution in [0.25, 0.3) is 0 Å². The number of benzene rings is 1. The van der Waals surface area contributed by atoms with Crippen LogP contribution < -0.4 is 10.6 Å². The number of aryl methyl sites for hydroxylation is 1. The first-order valence-corrected chi connectivity index (χ1v) is 7.04. The van der Waals surface area contributed by atoms with Gasteiger partial charge < -0.3 is 10.6 Å². The summed E-state index contributed by atoms with van der Waals surface area (Å²) in [4.78, 5) is 4.26. The second-order valence-corrected chi connectivity index (χ2v) is 4.87. The quantitative estimate of drug-likeness (QED) is 0.368. The van der Waals surface area contributed by atoms with Gasteiger partial charge in [0.25, 0.3) is 0 Å². The molecule has 0 aliphatic heterocycles. The first-order chi connectivity index (χ1) is 9.38. The Morgan fingerprint density at radius 1 is 1.21 bits per heavy atom. The zero-order valence-electron chi connectivity index (χ0n) is 11.6. The molecule has 1 aliphatic carbocycles. The molecule has 0 fully saturated rings. The normalized spacial score (nSPS) is 15.7. The van der Waals surface area contributed by atoms with Gasteiger partial charge in [0.05, 0.1) is 0 Å². The van der Waals surface area contributed by atoms with Gasteiger partial charge in [-0.2, -0.15) is 0 Å². The van der Waals surface area contributed by atoms with E-state index in [-0.39, 0.29) is 0 Å². The largest absolute Gasteiger partial charge is 0.356 e. The van der Waals surface area contributed by atoms with Gasteiger partial charge >= 0.3 is 0 Å². The van der Waals surface area contributed by atoms with E-state index in [0.29, 0.717) is 6.04 Å². The van der Waals surface area contributed by atoms with Gasteiger partial charge in [-0.3, -0.25) is 4.99 Å². The number of guanidine groups is 1. The third-order valence-electron chi connectivity index (χ3n) is 3.35. The highest BCUT2D eigenvalue weighted by atomic mass is 15.2. The predicted octanol–water partition coefficient (Wildman–Crippen LogP) is 2.50. The first-order valence-electron chi connectivity index (χ1n) is 7.04. The molecule has 102 valence electrons. The predicted molar refractivity (Wildman–Crippen MR) is 81.4 cm³/mol. The lowest BCUT2D eigenvalue weighted by molar-refractivity contribution is 0.628. The second-order valence-electron chi connectivity index (χ2n) is 4.87. The van der Waals surface area contributed by atoms with E-state index in [9.17, 15) is 0 Å². The van der Waals surface area contributed by atoms with Crippen molar-refractivity contribution in [3.05, 3.63) is 48.0 Å². The topological polar surface area (TPSA) is 36.4 Å². The summed E-state index contributed by atoms with van der Waals surface area (Å²) in [5, 5.41) is 6.82. The van der Waals surface area contributed by atoms with Crippen LogP contribution in [-0.4, -0.2) is 25.6 Å². The molecule has 0 aromatic heterocycles. The van der Waals surface area contributed by atoms with Crippen molar-refractivity contribution in [1.29, 1.82) is 0 Å². The van der Waals surface area contributed by atoms with Crippen LogP contribution in [0, 0.1) is 0 Å². The Bertz CT molecular complexity index is 415. The lowest BCUT2D eigenvalue weighted by atomic mass is 10.1. The van der Waals surface area contributed by atoms with Crippen molar-refractivity contribution in [3.63, 3.8) is 0 Å². The Labute approximate surface area is 115 Å². The monoisotopic (exact) mass is 257 g/mol. The number of nitrogens with one attached hydrogen (secondary N) is 2. The van der Waals surface area contributed by atoms with Crippen molar-refractivity contribution < 1.29 is 0 Å². The molecule has 2 rings (SSSR count). The lowest BCUT2D eigenvalue weighted by Crippen LogP contribution is -2.42. The number of aliphatic imine (C=N–C) groups is 1. The molecule has 3 nitrogen and oxygen atoms in total. The second kappa shape index (κ2) is 7.62. The fourth-order valence-electron chi connectivity index (χ4n) is 2.27. The van der Waals surface area contributed by atoms with Crippen molar-refractivity contribution in [2.24, 2.45) is 4.99 Å². The zero-order chi connectivity index (χ0) is 13.3. The number of hydrogen-bond acceptors (Lipinski definition) is 1. The molecule has 0 saturated heterocycles. The van der Waals surface area contributed by atoms with Gasteiger partial charge in [0.1, 0.15) is 0 Å². The molecule has 19 heavy (non-hydrogen) atoms. The van der Waals surface area contributed by atoms with Crippen LogP contribution in [0.3, 0.4) is 0 Å². The molecule has 0 amide bonds. The minimum Gasteiger partial charge on any atom is -0.356 e. The SMILES string of the molecule is CN=C(NCCCc1ccccc1)NC1CC=CC1. The molecular weight excluding hydrogens is 234 g/mol. The van der Waals surface area contributed by atoms with Crippen LogP contribution in [0.1, 0.15) is 24.8 Å². The van der Waals surface area contributed by atoms with Crippen LogP contribution in [0.5, 0.6) is 0 Å². The van der Waals surface area contributed by atoms with E-state index < -0.39 is 0 Å². The summed E-state index contributed by atoms with van der Waals surface area (Å²) >= 11 is 0. The Morgan fingerprint density at radius 2 is 1.95 bits per heavy atom. The number of nitrogens with zero attached hydrogens (tertiary/aromatic N) is 1. The van der Waals surface area contributed by atoms with Crippen LogP contribution in [0.2, 0.25) is 0 Å². The van der Waals surface area contributed by atoms with Gasteiger partial charge in [0.2, 0.25) is 0 Å². The molecule has 0 bridgehead atoms. The number of rotatable bonds is 5. The molecular formula is C16H23N3. The highest BCUT2D eigenvalue weighted by molar-refractivity contribution is 5.80. The van der Waals surface area contributed by atoms with Gasteiger partial charge in [-0.25, -0.2) is 0 Å². The van der Waals surface area contributed by atoms with E-state index in [1.807, 2.05) is 7.05 Å². The van der Waals surface area contributed by atoms with Gasteiger partial charge in [0, 0.05) is 19.6 Å². The van der Waals surface area contributed by atoms with Crippen molar-refractivity contribution in [3.8, 4) is 0 Å². The maximum atomic E-state index is 4.26. The van der Waals surface area contributed by atoms with E-state index >= 15 is 0 Å². The van der Waals surface area contributed by atoms with Crippen molar-refractivity contribution in [1.82, 2.24) is 10.6 Å². The summed E-state index contributed by atoms with van der Waals surface area (Å²) in [6.45, 7) is 0.953. The molecule has 0 unspecified atom stereocenters. The molecule has 0 saturated carbocycles. The molecule has 3 heteroatoms.